The molecule has 0 atom stereocenters. The number of hydrogen-bond acceptors (Lipinski definition) is 2. The third-order valence-corrected chi connectivity index (χ3v) is 5.27. The lowest BCUT2D eigenvalue weighted by molar-refractivity contribution is -0.478. The SMILES string of the molecule is O=S(=O)(O)CC=C(F)C(F)(F)C(F)(F)C(F)(F)C(F)(F)C(F)(F)C(F)(F)C(F)(F)C(F)(F)C(F)(F)C(F)(F)C(F)(F)F. The number of rotatable bonds is 12. The van der Waals surface area contributed by atoms with Crippen LogP contribution in [0, 0.1) is 0 Å². The van der Waals surface area contributed by atoms with E-state index in [-0.39, 0.29) is 0 Å². The molecule has 0 saturated heterocycles. The number of allylic oxidation sites excluding steroid dienone is 1. The van der Waals surface area contributed by atoms with E-state index in [2.05, 4.69) is 0 Å². The molecule has 0 aliphatic carbocycles. The highest BCUT2D eigenvalue weighted by atomic mass is 32.2. The Labute approximate surface area is 212 Å². The van der Waals surface area contributed by atoms with Crippen LogP contribution in [0.15, 0.2) is 11.9 Å². The van der Waals surface area contributed by atoms with Crippen LogP contribution in [0.3, 0.4) is 0 Å². The normalized spacial score (nSPS) is 17.1. The predicted octanol–water partition coefficient (Wildman–Crippen LogP) is 7.64. The van der Waals surface area contributed by atoms with Gasteiger partial charge in [-0.05, 0) is 6.08 Å². The molecule has 0 heterocycles. The summed E-state index contributed by atoms with van der Waals surface area (Å²) in [5, 5.41) is 0. The van der Waals surface area contributed by atoms with Crippen LogP contribution < -0.4 is 0 Å². The quantitative estimate of drug-likeness (QED) is 0.168. The second-order valence-electron chi connectivity index (χ2n) is 7.54. The molecule has 0 aromatic rings. The molecule has 0 unspecified atom stereocenters. The van der Waals surface area contributed by atoms with Crippen molar-refractivity contribution in [3.63, 3.8) is 0 Å². The van der Waals surface area contributed by atoms with Gasteiger partial charge in [0.25, 0.3) is 10.1 Å². The zero-order chi connectivity index (χ0) is 35.0. The molecule has 0 fully saturated rings. The highest BCUT2D eigenvalue weighted by molar-refractivity contribution is 7.85. The van der Waals surface area contributed by atoms with Gasteiger partial charge in [0.15, 0.2) is 5.83 Å². The van der Waals surface area contributed by atoms with Crippen LogP contribution in [0.5, 0.6) is 0 Å². The van der Waals surface area contributed by atoms with Crippen LogP contribution in [0.2, 0.25) is 0 Å². The number of hydrogen-bond donors (Lipinski definition) is 1. The summed E-state index contributed by atoms with van der Waals surface area (Å²) in [6, 6.07) is 0. The fourth-order valence-corrected chi connectivity index (χ4v) is 2.57. The lowest BCUT2D eigenvalue weighted by atomic mass is 9.85. The first-order chi connectivity index (χ1) is 17.6. The second-order valence-corrected chi connectivity index (χ2v) is 9.04. The number of halogens is 24. The molecule has 0 amide bonds. The van der Waals surface area contributed by atoms with Crippen LogP contribution in [-0.2, 0) is 10.1 Å². The topological polar surface area (TPSA) is 54.4 Å². The van der Waals surface area contributed by atoms with Crippen molar-refractivity contribution in [1.82, 2.24) is 0 Å². The third kappa shape index (κ3) is 5.19. The van der Waals surface area contributed by atoms with Gasteiger partial charge in [-0.1, -0.05) is 0 Å². The molecule has 0 rings (SSSR count). The zero-order valence-corrected chi connectivity index (χ0v) is 18.8. The molecule has 0 saturated carbocycles. The highest BCUT2D eigenvalue weighted by Gasteiger charge is 2.99. The van der Waals surface area contributed by atoms with Gasteiger partial charge >= 0.3 is 65.4 Å². The first-order valence-corrected chi connectivity index (χ1v) is 10.4. The van der Waals surface area contributed by atoms with Crippen molar-refractivity contribution >= 4 is 10.1 Å². The molecule has 0 radical (unpaired) electrons. The summed E-state index contributed by atoms with van der Waals surface area (Å²) in [7, 11) is -5.78. The summed E-state index contributed by atoms with van der Waals surface area (Å²) < 4.78 is 345. The minimum atomic E-state index is -9.59. The van der Waals surface area contributed by atoms with E-state index in [4.69, 9.17) is 4.55 Å². The van der Waals surface area contributed by atoms with Crippen molar-refractivity contribution in [3.05, 3.63) is 11.9 Å². The molecular formula is C14H4F24O3S. The highest BCUT2D eigenvalue weighted by Crippen LogP contribution is 2.67. The summed E-state index contributed by atoms with van der Waals surface area (Å²) in [5.74, 6) is -97.9. The minimum absolute atomic E-state index is 1.58. The minimum Gasteiger partial charge on any atom is -0.285 e. The van der Waals surface area contributed by atoms with Crippen molar-refractivity contribution in [2.75, 3.05) is 5.75 Å². The summed E-state index contributed by atoms with van der Waals surface area (Å²) in [4.78, 5) is 0. The largest absolute Gasteiger partial charge is 0.460 e. The van der Waals surface area contributed by atoms with Crippen molar-refractivity contribution in [2.24, 2.45) is 0 Å². The van der Waals surface area contributed by atoms with Gasteiger partial charge in [-0.3, -0.25) is 4.55 Å². The van der Waals surface area contributed by atoms with Crippen LogP contribution in [0.1, 0.15) is 0 Å². The molecule has 0 aromatic heterocycles. The summed E-state index contributed by atoms with van der Waals surface area (Å²) in [6.45, 7) is 0. The average Bonchev–Trinajstić information content (AvgIpc) is 2.74. The molecular weight excluding hydrogens is 704 g/mol. The van der Waals surface area contributed by atoms with Gasteiger partial charge in [0, 0.05) is 0 Å². The summed E-state index contributed by atoms with van der Waals surface area (Å²) in [6.07, 6.45) is -9.76. The maximum Gasteiger partial charge on any atom is 0.460 e. The lowest BCUT2D eigenvalue weighted by Gasteiger charge is -2.45. The Balaban J connectivity index is 7.29. The molecule has 0 aliphatic heterocycles. The maximum atomic E-state index is 13.6. The molecule has 0 aromatic carbocycles. The van der Waals surface area contributed by atoms with E-state index in [1.165, 1.54) is 0 Å². The molecule has 3 nitrogen and oxygen atoms in total. The van der Waals surface area contributed by atoms with Crippen LogP contribution in [-0.4, -0.2) is 84.1 Å². The molecule has 28 heteroatoms. The van der Waals surface area contributed by atoms with E-state index in [0.29, 0.717) is 0 Å². The Morgan fingerprint density at radius 1 is 0.452 bits per heavy atom. The monoisotopic (exact) mass is 708 g/mol. The van der Waals surface area contributed by atoms with Crippen molar-refractivity contribution in [3.8, 4) is 0 Å². The molecule has 42 heavy (non-hydrogen) atoms. The first-order valence-electron chi connectivity index (χ1n) is 8.79. The Bertz CT molecular complexity index is 1150. The van der Waals surface area contributed by atoms with Crippen LogP contribution in [0.25, 0.3) is 0 Å². The third-order valence-electron chi connectivity index (χ3n) is 4.68. The van der Waals surface area contributed by atoms with Crippen LogP contribution >= 0.6 is 0 Å². The van der Waals surface area contributed by atoms with E-state index >= 15 is 0 Å². The Hall–Kier alpha value is -2.03. The van der Waals surface area contributed by atoms with Crippen molar-refractivity contribution < 1.29 is 118 Å². The molecule has 0 spiro atoms. The van der Waals surface area contributed by atoms with Gasteiger partial charge in [-0.2, -0.15) is 109 Å². The van der Waals surface area contributed by atoms with Crippen molar-refractivity contribution in [1.29, 1.82) is 0 Å². The molecule has 252 valence electrons. The first kappa shape index (κ1) is 40.0. The predicted molar refractivity (Wildman–Crippen MR) is 81.1 cm³/mol. The average molecular weight is 708 g/mol. The van der Waals surface area contributed by atoms with Gasteiger partial charge < -0.3 is 0 Å². The molecule has 0 aliphatic rings. The molecule has 1 N–H and O–H groups in total. The smallest absolute Gasteiger partial charge is 0.285 e. The standard InChI is InChI=1S/C14H4F24O3S/c15-3(1-2-42(39,40)41)4(16,17)5(18,19)6(20,21)7(22,23)8(24,25)9(26,27)10(28,29)11(30,31)12(32,33)13(34,35)14(36,37)38/h1H,2H2,(H,39,40,41). The van der Waals surface area contributed by atoms with Gasteiger partial charge in [-0.15, -0.1) is 0 Å². The van der Waals surface area contributed by atoms with E-state index in [1.54, 1.807) is 0 Å². The van der Waals surface area contributed by atoms with E-state index in [9.17, 15) is 114 Å². The zero-order valence-electron chi connectivity index (χ0n) is 18.0. The van der Waals surface area contributed by atoms with E-state index in [1.807, 2.05) is 0 Å². The van der Waals surface area contributed by atoms with Crippen molar-refractivity contribution in [2.45, 2.75) is 65.4 Å². The van der Waals surface area contributed by atoms with Gasteiger partial charge in [0.2, 0.25) is 0 Å². The maximum absolute atomic E-state index is 13.6. The lowest BCUT2D eigenvalue weighted by Crippen LogP contribution is -2.77. The fraction of sp³-hybridized carbons (Fsp3) is 0.857. The Kier molecular flexibility index (Phi) is 9.51. The van der Waals surface area contributed by atoms with E-state index in [0.717, 1.165) is 0 Å². The molecule has 0 bridgehead atoms. The summed E-state index contributed by atoms with van der Waals surface area (Å²) in [5.41, 5.74) is 0. The van der Waals surface area contributed by atoms with Crippen LogP contribution in [0.4, 0.5) is 105 Å². The summed E-state index contributed by atoms with van der Waals surface area (Å²) >= 11 is 0. The number of alkyl halides is 23. The second kappa shape index (κ2) is 10.00. The Morgan fingerprint density at radius 3 is 0.881 bits per heavy atom. The Morgan fingerprint density at radius 2 is 0.667 bits per heavy atom. The fourth-order valence-electron chi connectivity index (χ4n) is 2.21. The van der Waals surface area contributed by atoms with Gasteiger partial charge in [-0.25, -0.2) is 4.39 Å². The van der Waals surface area contributed by atoms with E-state index < -0.39 is 93.2 Å². The van der Waals surface area contributed by atoms with Gasteiger partial charge in [0.1, 0.15) is 0 Å². The van der Waals surface area contributed by atoms with Gasteiger partial charge in [0.05, 0.1) is 5.75 Å².